The van der Waals surface area contributed by atoms with Gasteiger partial charge in [0.2, 0.25) is 0 Å². The number of methoxy groups -OCH3 is 1. The number of benzene rings is 1. The molecular weight excluding hydrogens is 328 g/mol. The summed E-state index contributed by atoms with van der Waals surface area (Å²) < 4.78 is 16.8. The number of hydrogen-bond acceptors (Lipinski definition) is 5. The van der Waals surface area contributed by atoms with Crippen LogP contribution in [0.4, 0.5) is 0 Å². The van der Waals surface area contributed by atoms with Crippen LogP contribution in [0.3, 0.4) is 0 Å². The Balaban J connectivity index is 1.75. The molecule has 5 nitrogen and oxygen atoms in total. The maximum Gasteiger partial charge on any atom is 0.161 e. The molecule has 3 rings (SSSR count). The van der Waals surface area contributed by atoms with Crippen molar-refractivity contribution in [2.45, 2.75) is 53.1 Å². The van der Waals surface area contributed by atoms with Gasteiger partial charge in [-0.25, -0.2) is 0 Å². The van der Waals surface area contributed by atoms with Crippen molar-refractivity contribution in [3.63, 3.8) is 0 Å². The van der Waals surface area contributed by atoms with Crippen LogP contribution in [0, 0.1) is 19.8 Å². The van der Waals surface area contributed by atoms with E-state index in [0.29, 0.717) is 18.6 Å². The molecule has 2 aromatic rings. The summed E-state index contributed by atoms with van der Waals surface area (Å²) in [5.74, 6) is 3.04. The predicted octanol–water partition coefficient (Wildman–Crippen LogP) is 4.67. The summed E-state index contributed by atoms with van der Waals surface area (Å²) in [6.07, 6.45) is 2.34. The number of likely N-dealkylation sites (tertiary alicyclic amines) is 1. The first-order valence-corrected chi connectivity index (χ1v) is 9.46. The molecule has 0 saturated carbocycles. The van der Waals surface area contributed by atoms with Crippen molar-refractivity contribution in [1.82, 2.24) is 10.1 Å². The molecule has 0 radical (unpaired) electrons. The Hall–Kier alpha value is -2.01. The Labute approximate surface area is 156 Å². The molecule has 142 valence electrons. The highest BCUT2D eigenvalue weighted by molar-refractivity contribution is 5.43. The second kappa shape index (κ2) is 8.12. The van der Waals surface area contributed by atoms with Crippen LogP contribution in [0.1, 0.15) is 55.3 Å². The fourth-order valence-corrected chi connectivity index (χ4v) is 3.73. The molecule has 1 fully saturated rings. The molecule has 0 spiro atoms. The van der Waals surface area contributed by atoms with Crippen LogP contribution in [0.5, 0.6) is 11.5 Å². The third-order valence-corrected chi connectivity index (χ3v) is 4.97. The van der Waals surface area contributed by atoms with Crippen LogP contribution < -0.4 is 9.47 Å². The fourth-order valence-electron chi connectivity index (χ4n) is 3.73. The smallest absolute Gasteiger partial charge is 0.161 e. The van der Waals surface area contributed by atoms with Crippen molar-refractivity contribution in [2.75, 3.05) is 20.3 Å². The van der Waals surface area contributed by atoms with Gasteiger partial charge in [0, 0.05) is 18.2 Å². The normalized spacial score (nSPS) is 17.8. The third kappa shape index (κ3) is 4.04. The van der Waals surface area contributed by atoms with Gasteiger partial charge in [0.25, 0.3) is 0 Å². The van der Waals surface area contributed by atoms with Gasteiger partial charge in [-0.3, -0.25) is 4.90 Å². The summed E-state index contributed by atoms with van der Waals surface area (Å²) in [6, 6.07) is 6.64. The van der Waals surface area contributed by atoms with Gasteiger partial charge in [0.1, 0.15) is 5.76 Å². The average Bonchev–Trinajstić information content (AvgIpc) is 3.19. The number of ether oxygens (including phenoxy) is 2. The number of aromatic nitrogens is 1. The van der Waals surface area contributed by atoms with Crippen LogP contribution in [0.2, 0.25) is 0 Å². The second-order valence-corrected chi connectivity index (χ2v) is 7.56. The Kier molecular flexibility index (Phi) is 5.87. The Bertz CT molecular complexity index is 719. The van der Waals surface area contributed by atoms with E-state index in [2.05, 4.69) is 36.0 Å². The quantitative estimate of drug-likeness (QED) is 0.720. The van der Waals surface area contributed by atoms with Gasteiger partial charge < -0.3 is 14.0 Å². The highest BCUT2D eigenvalue weighted by Crippen LogP contribution is 2.37. The molecule has 26 heavy (non-hydrogen) atoms. The van der Waals surface area contributed by atoms with E-state index in [9.17, 15) is 0 Å². The lowest BCUT2D eigenvalue weighted by Crippen LogP contribution is -2.23. The van der Waals surface area contributed by atoms with Gasteiger partial charge in [0.15, 0.2) is 11.5 Å². The summed E-state index contributed by atoms with van der Waals surface area (Å²) in [6.45, 7) is 11.0. The maximum atomic E-state index is 5.87. The Morgan fingerprint density at radius 3 is 2.73 bits per heavy atom. The minimum Gasteiger partial charge on any atom is -0.493 e. The highest BCUT2D eigenvalue weighted by Gasteiger charge is 2.30. The maximum absolute atomic E-state index is 5.87. The van der Waals surface area contributed by atoms with E-state index < -0.39 is 0 Å². The molecule has 1 aliphatic heterocycles. The number of aryl methyl sites for hydroxylation is 2. The van der Waals surface area contributed by atoms with Crippen molar-refractivity contribution in [1.29, 1.82) is 0 Å². The molecule has 1 saturated heterocycles. The first kappa shape index (κ1) is 18.8. The van der Waals surface area contributed by atoms with Gasteiger partial charge in [0.05, 0.1) is 19.4 Å². The van der Waals surface area contributed by atoms with Crippen LogP contribution in [-0.2, 0) is 6.54 Å². The zero-order chi connectivity index (χ0) is 18.7. The summed E-state index contributed by atoms with van der Waals surface area (Å²) in [5, 5.41) is 4.14. The average molecular weight is 358 g/mol. The molecule has 2 heterocycles. The zero-order valence-electron chi connectivity index (χ0n) is 16.5. The van der Waals surface area contributed by atoms with E-state index in [1.807, 2.05) is 19.9 Å². The fraction of sp³-hybridized carbons (Fsp3) is 0.571. The predicted molar refractivity (Wildman–Crippen MR) is 102 cm³/mol. The van der Waals surface area contributed by atoms with Gasteiger partial charge >= 0.3 is 0 Å². The van der Waals surface area contributed by atoms with Gasteiger partial charge in [-0.2, -0.15) is 0 Å². The van der Waals surface area contributed by atoms with E-state index in [-0.39, 0.29) is 0 Å². The van der Waals surface area contributed by atoms with Crippen molar-refractivity contribution in [3.8, 4) is 11.5 Å². The van der Waals surface area contributed by atoms with Crippen LogP contribution >= 0.6 is 0 Å². The number of hydrogen-bond donors (Lipinski definition) is 0. The topological polar surface area (TPSA) is 47.7 Å². The SMILES string of the molecule is COc1cc(CN2CCC[C@@H]2c2c(C)noc2C)ccc1OCC(C)C. The highest BCUT2D eigenvalue weighted by atomic mass is 16.5. The third-order valence-electron chi connectivity index (χ3n) is 4.97. The van der Waals surface area contributed by atoms with E-state index in [4.69, 9.17) is 14.0 Å². The monoisotopic (exact) mass is 358 g/mol. The van der Waals surface area contributed by atoms with Crippen LogP contribution in [0.25, 0.3) is 0 Å². The van der Waals surface area contributed by atoms with Crippen molar-refractivity contribution in [2.24, 2.45) is 5.92 Å². The summed E-state index contributed by atoms with van der Waals surface area (Å²) in [7, 11) is 1.70. The number of nitrogens with zero attached hydrogens (tertiary/aromatic N) is 2. The zero-order valence-corrected chi connectivity index (χ0v) is 16.5. The Morgan fingerprint density at radius 2 is 2.08 bits per heavy atom. The molecule has 0 aliphatic carbocycles. The molecule has 0 unspecified atom stereocenters. The summed E-state index contributed by atoms with van der Waals surface area (Å²) in [4.78, 5) is 2.51. The lowest BCUT2D eigenvalue weighted by Gasteiger charge is -2.25. The number of rotatable bonds is 7. The molecule has 0 N–H and O–H groups in total. The first-order valence-electron chi connectivity index (χ1n) is 9.46. The Morgan fingerprint density at radius 1 is 1.27 bits per heavy atom. The molecule has 0 amide bonds. The van der Waals surface area contributed by atoms with Crippen LogP contribution in [-0.4, -0.2) is 30.3 Å². The first-order chi connectivity index (χ1) is 12.5. The lowest BCUT2D eigenvalue weighted by molar-refractivity contribution is 0.243. The molecular formula is C21H30N2O3. The van der Waals surface area contributed by atoms with Gasteiger partial charge in [-0.1, -0.05) is 25.1 Å². The summed E-state index contributed by atoms with van der Waals surface area (Å²) in [5.41, 5.74) is 3.50. The van der Waals surface area contributed by atoms with Crippen molar-refractivity contribution < 1.29 is 14.0 Å². The van der Waals surface area contributed by atoms with Gasteiger partial charge in [-0.15, -0.1) is 0 Å². The van der Waals surface area contributed by atoms with Crippen molar-refractivity contribution in [3.05, 3.63) is 40.8 Å². The summed E-state index contributed by atoms with van der Waals surface area (Å²) >= 11 is 0. The molecule has 1 atom stereocenters. The molecule has 1 aromatic carbocycles. The molecule has 1 aliphatic rings. The van der Waals surface area contributed by atoms with E-state index >= 15 is 0 Å². The van der Waals surface area contributed by atoms with E-state index in [1.165, 1.54) is 17.5 Å². The lowest BCUT2D eigenvalue weighted by atomic mass is 10.0. The molecule has 5 heteroatoms. The molecule has 0 bridgehead atoms. The second-order valence-electron chi connectivity index (χ2n) is 7.56. The standard InChI is InChI=1S/C21H30N2O3/c1-14(2)13-25-19-9-8-17(11-20(19)24-5)12-23-10-6-7-18(23)21-15(3)22-26-16(21)4/h8-9,11,14,18H,6-7,10,12-13H2,1-5H3/t18-/m1/s1. The molecule has 1 aromatic heterocycles. The van der Waals surface area contributed by atoms with Crippen LogP contribution in [0.15, 0.2) is 22.7 Å². The van der Waals surface area contributed by atoms with E-state index in [1.54, 1.807) is 7.11 Å². The van der Waals surface area contributed by atoms with E-state index in [0.717, 1.165) is 42.5 Å². The minimum absolute atomic E-state index is 0.379. The minimum atomic E-state index is 0.379. The van der Waals surface area contributed by atoms with Gasteiger partial charge in [-0.05, 0) is 56.8 Å². The van der Waals surface area contributed by atoms with Crippen molar-refractivity contribution >= 4 is 0 Å². The largest absolute Gasteiger partial charge is 0.493 e.